The predicted octanol–water partition coefficient (Wildman–Crippen LogP) is 2.15. The minimum atomic E-state index is -0.343. The lowest BCUT2D eigenvalue weighted by Crippen LogP contribution is -2.14. The molecule has 1 aromatic carbocycles. The van der Waals surface area contributed by atoms with Gasteiger partial charge in [-0.1, -0.05) is 11.6 Å². The van der Waals surface area contributed by atoms with Crippen LogP contribution >= 0.6 is 11.6 Å². The number of fused-ring (bicyclic) bond motifs is 1. The number of H-pyrrole nitrogens is 1. The number of amides is 1. The number of aromatic amines is 1. The summed E-state index contributed by atoms with van der Waals surface area (Å²) in [5.74, 6) is -0.247. The van der Waals surface area contributed by atoms with Gasteiger partial charge in [0.1, 0.15) is 5.52 Å². The zero-order valence-electron chi connectivity index (χ0n) is 11.0. The molecule has 0 bridgehead atoms. The topological polar surface area (TPSA) is 110 Å². The molecule has 3 aromatic rings. The number of carbonyl (C=O) groups is 1. The number of carbonyl (C=O) groups excluding carboxylic acids is 1. The largest absolute Gasteiger partial charge is 0.399 e. The molecule has 0 spiro atoms. The van der Waals surface area contributed by atoms with Gasteiger partial charge < -0.3 is 10.7 Å². The summed E-state index contributed by atoms with van der Waals surface area (Å²) in [6, 6.07) is 5.00. The van der Waals surface area contributed by atoms with Crippen molar-refractivity contribution in [3.05, 3.63) is 40.8 Å². The molecule has 8 heteroatoms. The second kappa shape index (κ2) is 5.02. The number of imidazole rings is 1. The van der Waals surface area contributed by atoms with E-state index in [9.17, 15) is 4.79 Å². The molecular formula is C13H11ClN6O. The van der Waals surface area contributed by atoms with Crippen LogP contribution in [-0.2, 0) is 0 Å². The molecule has 0 aliphatic heterocycles. The molecule has 0 atom stereocenters. The van der Waals surface area contributed by atoms with E-state index in [1.54, 1.807) is 18.2 Å². The standard InChI is InChI=1S/C13H11ClN6O/c1-6-4-7(2-3-8(6)15)12(21)20-13-18-10(14)9-11(19-13)17-5-16-9/h2-5H,15H2,1H3,(H2,16,17,18,19,20,21). The SMILES string of the molecule is Cc1cc(C(=O)Nc2nc(Cl)c3[nH]cnc3n2)ccc1N. The van der Waals surface area contributed by atoms with Crippen molar-refractivity contribution in [2.24, 2.45) is 0 Å². The van der Waals surface area contributed by atoms with Gasteiger partial charge in [-0.2, -0.15) is 9.97 Å². The minimum absolute atomic E-state index is 0.0964. The number of halogens is 1. The van der Waals surface area contributed by atoms with Crippen LogP contribution in [0.5, 0.6) is 0 Å². The first kappa shape index (κ1) is 13.3. The fourth-order valence-electron chi connectivity index (χ4n) is 1.84. The Balaban J connectivity index is 1.90. The zero-order valence-corrected chi connectivity index (χ0v) is 11.8. The molecule has 7 nitrogen and oxygen atoms in total. The average Bonchev–Trinajstić information content (AvgIpc) is 2.90. The van der Waals surface area contributed by atoms with Gasteiger partial charge in [0.2, 0.25) is 5.95 Å². The number of hydrogen-bond donors (Lipinski definition) is 3. The van der Waals surface area contributed by atoms with E-state index in [1.807, 2.05) is 6.92 Å². The number of aromatic nitrogens is 4. The molecule has 0 radical (unpaired) electrons. The third-order valence-corrected chi connectivity index (χ3v) is 3.27. The van der Waals surface area contributed by atoms with Crippen LogP contribution < -0.4 is 11.1 Å². The lowest BCUT2D eigenvalue weighted by molar-refractivity contribution is 0.102. The van der Waals surface area contributed by atoms with Crippen LogP contribution in [0, 0.1) is 6.92 Å². The molecule has 0 saturated carbocycles. The van der Waals surface area contributed by atoms with Crippen molar-refractivity contribution in [3.63, 3.8) is 0 Å². The summed E-state index contributed by atoms with van der Waals surface area (Å²) in [6.45, 7) is 1.83. The predicted molar refractivity (Wildman–Crippen MR) is 80.2 cm³/mol. The van der Waals surface area contributed by atoms with Gasteiger partial charge in [-0.25, -0.2) is 4.98 Å². The van der Waals surface area contributed by atoms with Gasteiger partial charge in [-0.05, 0) is 30.7 Å². The Morgan fingerprint density at radius 2 is 2.19 bits per heavy atom. The Hall–Kier alpha value is -2.67. The first-order valence-corrected chi connectivity index (χ1v) is 6.46. The summed E-state index contributed by atoms with van der Waals surface area (Å²) in [5, 5.41) is 2.78. The molecule has 3 rings (SSSR count). The van der Waals surface area contributed by atoms with Gasteiger partial charge in [0.15, 0.2) is 10.8 Å². The Morgan fingerprint density at radius 3 is 2.95 bits per heavy atom. The number of rotatable bonds is 2. The molecular weight excluding hydrogens is 292 g/mol. The summed E-state index contributed by atoms with van der Waals surface area (Å²) in [5.41, 5.74) is 8.55. The number of nitrogen functional groups attached to an aromatic ring is 1. The van der Waals surface area contributed by atoms with E-state index in [0.29, 0.717) is 22.4 Å². The van der Waals surface area contributed by atoms with Crippen LogP contribution in [0.1, 0.15) is 15.9 Å². The molecule has 21 heavy (non-hydrogen) atoms. The number of nitrogens with one attached hydrogen (secondary N) is 2. The number of anilines is 2. The van der Waals surface area contributed by atoms with E-state index in [1.165, 1.54) is 6.33 Å². The lowest BCUT2D eigenvalue weighted by atomic mass is 10.1. The van der Waals surface area contributed by atoms with Gasteiger partial charge in [0.25, 0.3) is 5.91 Å². The van der Waals surface area contributed by atoms with E-state index in [2.05, 4.69) is 25.3 Å². The van der Waals surface area contributed by atoms with Gasteiger partial charge in [-0.15, -0.1) is 0 Å². The van der Waals surface area contributed by atoms with Crippen molar-refractivity contribution < 1.29 is 4.79 Å². The van der Waals surface area contributed by atoms with Gasteiger partial charge in [-0.3, -0.25) is 10.1 Å². The summed E-state index contributed by atoms with van der Waals surface area (Å²) in [4.78, 5) is 27.1. The highest BCUT2D eigenvalue weighted by atomic mass is 35.5. The smallest absolute Gasteiger partial charge is 0.258 e. The molecule has 0 unspecified atom stereocenters. The van der Waals surface area contributed by atoms with Gasteiger partial charge in [0.05, 0.1) is 6.33 Å². The number of benzene rings is 1. The number of hydrogen-bond acceptors (Lipinski definition) is 5. The van der Waals surface area contributed by atoms with Crippen molar-refractivity contribution in [3.8, 4) is 0 Å². The molecule has 4 N–H and O–H groups in total. The minimum Gasteiger partial charge on any atom is -0.399 e. The molecule has 0 aliphatic rings. The van der Waals surface area contributed by atoms with E-state index in [0.717, 1.165) is 5.56 Å². The summed E-state index contributed by atoms with van der Waals surface area (Å²) < 4.78 is 0. The Labute approximate surface area is 124 Å². The van der Waals surface area contributed by atoms with Crippen molar-refractivity contribution in [1.29, 1.82) is 0 Å². The average molecular weight is 303 g/mol. The van der Waals surface area contributed by atoms with E-state index in [-0.39, 0.29) is 17.0 Å². The highest BCUT2D eigenvalue weighted by molar-refractivity contribution is 6.33. The maximum absolute atomic E-state index is 12.2. The molecule has 1 amide bonds. The maximum Gasteiger partial charge on any atom is 0.258 e. The normalized spacial score (nSPS) is 10.8. The van der Waals surface area contributed by atoms with Crippen molar-refractivity contribution in [1.82, 2.24) is 19.9 Å². The third kappa shape index (κ3) is 2.50. The van der Waals surface area contributed by atoms with E-state index in [4.69, 9.17) is 17.3 Å². The van der Waals surface area contributed by atoms with Crippen LogP contribution in [0.25, 0.3) is 11.2 Å². The zero-order chi connectivity index (χ0) is 15.0. The van der Waals surface area contributed by atoms with Gasteiger partial charge in [0, 0.05) is 11.3 Å². The molecule has 2 aromatic heterocycles. The summed E-state index contributed by atoms with van der Waals surface area (Å²) >= 11 is 5.99. The molecule has 2 heterocycles. The van der Waals surface area contributed by atoms with E-state index < -0.39 is 0 Å². The second-order valence-corrected chi connectivity index (χ2v) is 4.82. The molecule has 0 fully saturated rings. The first-order valence-electron chi connectivity index (χ1n) is 6.08. The number of nitrogens with zero attached hydrogens (tertiary/aromatic N) is 3. The Morgan fingerprint density at radius 1 is 1.38 bits per heavy atom. The van der Waals surface area contributed by atoms with Crippen LogP contribution in [0.3, 0.4) is 0 Å². The fraction of sp³-hybridized carbons (Fsp3) is 0.0769. The van der Waals surface area contributed by atoms with Crippen LogP contribution in [0.15, 0.2) is 24.5 Å². The van der Waals surface area contributed by atoms with Crippen LogP contribution in [-0.4, -0.2) is 25.8 Å². The van der Waals surface area contributed by atoms with Crippen LogP contribution in [0.4, 0.5) is 11.6 Å². The Bertz CT molecular complexity index is 844. The van der Waals surface area contributed by atoms with Gasteiger partial charge >= 0.3 is 0 Å². The van der Waals surface area contributed by atoms with Crippen molar-refractivity contribution >= 4 is 40.3 Å². The summed E-state index contributed by atoms with van der Waals surface area (Å²) in [6.07, 6.45) is 1.46. The maximum atomic E-state index is 12.2. The quantitative estimate of drug-likeness (QED) is 0.496. The summed E-state index contributed by atoms with van der Waals surface area (Å²) in [7, 11) is 0. The van der Waals surface area contributed by atoms with Crippen molar-refractivity contribution in [2.45, 2.75) is 6.92 Å². The fourth-order valence-corrected chi connectivity index (χ4v) is 2.06. The molecule has 106 valence electrons. The Kier molecular flexibility index (Phi) is 3.19. The van der Waals surface area contributed by atoms with E-state index >= 15 is 0 Å². The first-order chi connectivity index (χ1) is 10.0. The number of aryl methyl sites for hydroxylation is 1. The number of nitrogens with two attached hydrogens (primary N) is 1. The second-order valence-electron chi connectivity index (χ2n) is 4.46. The van der Waals surface area contributed by atoms with Crippen molar-refractivity contribution in [2.75, 3.05) is 11.1 Å². The molecule has 0 saturated heterocycles. The highest BCUT2D eigenvalue weighted by Gasteiger charge is 2.12. The highest BCUT2D eigenvalue weighted by Crippen LogP contribution is 2.19. The molecule has 0 aliphatic carbocycles. The lowest BCUT2D eigenvalue weighted by Gasteiger charge is -2.06. The third-order valence-electron chi connectivity index (χ3n) is 3.00. The monoisotopic (exact) mass is 302 g/mol. The van der Waals surface area contributed by atoms with Crippen LogP contribution in [0.2, 0.25) is 5.15 Å².